The normalized spacial score (nSPS) is 17.4. The van der Waals surface area contributed by atoms with Crippen molar-refractivity contribution in [1.29, 1.82) is 0 Å². The van der Waals surface area contributed by atoms with Gasteiger partial charge in [0.25, 0.3) is 11.8 Å². The number of aliphatic hydroxyl groups excluding tert-OH is 1. The average Bonchev–Trinajstić information content (AvgIpc) is 3.56. The maximum absolute atomic E-state index is 12.2. The lowest BCUT2D eigenvalue weighted by Crippen LogP contribution is -2.37. The fourth-order valence-electron chi connectivity index (χ4n) is 4.27. The number of nitrogens with zero attached hydrogens (tertiary/aromatic N) is 5. The third-order valence-corrected chi connectivity index (χ3v) is 6.22. The topological polar surface area (TPSA) is 140 Å². The largest absolute Gasteiger partial charge is 0.394 e. The third kappa shape index (κ3) is 4.11. The van der Waals surface area contributed by atoms with Crippen LogP contribution in [0.25, 0.3) is 27.7 Å². The summed E-state index contributed by atoms with van der Waals surface area (Å²) in [6.45, 7) is 0.812. The summed E-state index contributed by atoms with van der Waals surface area (Å²) in [6.07, 6.45) is 3.75. The van der Waals surface area contributed by atoms with Gasteiger partial charge in [0.2, 0.25) is 5.60 Å². The van der Waals surface area contributed by atoms with Crippen molar-refractivity contribution >= 4 is 22.7 Å². The summed E-state index contributed by atoms with van der Waals surface area (Å²) < 4.78 is 3.25. The van der Waals surface area contributed by atoms with E-state index in [1.54, 1.807) is 40.8 Å². The molecule has 1 saturated heterocycles. The van der Waals surface area contributed by atoms with E-state index in [2.05, 4.69) is 22.0 Å². The Morgan fingerprint density at radius 1 is 1.22 bits per heavy atom. The van der Waals surface area contributed by atoms with Crippen LogP contribution in [-0.2, 0) is 11.3 Å². The SMILES string of the molecule is CN1CCC(O)(C#Cc2cccc(-n3nc(C(N)=O)c4cc(-c5cnn(CCO)c5)ccc43)c2)C1=O. The van der Waals surface area contributed by atoms with E-state index in [-0.39, 0.29) is 18.7 Å². The molecule has 2 aromatic heterocycles. The summed E-state index contributed by atoms with van der Waals surface area (Å²) in [5.41, 5.74) is 7.64. The Morgan fingerprint density at radius 2 is 2.06 bits per heavy atom. The second kappa shape index (κ2) is 8.96. The molecule has 1 aliphatic heterocycles. The van der Waals surface area contributed by atoms with Gasteiger partial charge >= 0.3 is 0 Å². The second-order valence-corrected chi connectivity index (χ2v) is 8.71. The number of rotatable bonds is 5. The standard InChI is InChI=1S/C26H24N6O4/c1-30-10-9-26(36,25(30)35)8-7-17-3-2-4-20(13-17)32-22-6-5-18(14-21(22)23(29-32)24(27)34)19-15-28-31(16-19)11-12-33/h2-6,13-16,33,36H,9-12H2,1H3,(H2,27,34). The van der Waals surface area contributed by atoms with Gasteiger partial charge in [0.1, 0.15) is 0 Å². The highest BCUT2D eigenvalue weighted by Gasteiger charge is 2.42. The van der Waals surface area contributed by atoms with Gasteiger partial charge in [-0.2, -0.15) is 10.2 Å². The maximum Gasteiger partial charge on any atom is 0.269 e. The number of fused-ring (bicyclic) bond motifs is 1. The Morgan fingerprint density at radius 3 is 2.78 bits per heavy atom. The zero-order valence-corrected chi connectivity index (χ0v) is 19.5. The first kappa shape index (κ1) is 23.3. The molecule has 3 heterocycles. The van der Waals surface area contributed by atoms with Crippen LogP contribution in [-0.4, -0.2) is 72.3 Å². The van der Waals surface area contributed by atoms with Crippen molar-refractivity contribution in [2.45, 2.75) is 18.6 Å². The molecule has 5 rings (SSSR count). The van der Waals surface area contributed by atoms with Crippen molar-refractivity contribution < 1.29 is 19.8 Å². The smallest absolute Gasteiger partial charge is 0.269 e. The number of nitrogens with two attached hydrogens (primary N) is 1. The van der Waals surface area contributed by atoms with Crippen molar-refractivity contribution in [1.82, 2.24) is 24.5 Å². The fourth-order valence-corrected chi connectivity index (χ4v) is 4.27. The molecule has 182 valence electrons. The molecule has 2 amide bonds. The molecule has 1 aliphatic rings. The summed E-state index contributed by atoms with van der Waals surface area (Å²) in [6, 6.07) is 12.7. The number of aromatic nitrogens is 4. The van der Waals surface area contributed by atoms with Gasteiger partial charge in [0.15, 0.2) is 5.69 Å². The predicted octanol–water partition coefficient (Wildman–Crippen LogP) is 0.925. The van der Waals surface area contributed by atoms with Crippen LogP contribution in [0.1, 0.15) is 22.5 Å². The van der Waals surface area contributed by atoms with E-state index >= 15 is 0 Å². The number of likely N-dealkylation sites (N-methyl/N-ethyl adjacent to an activating group) is 1. The van der Waals surface area contributed by atoms with Crippen LogP contribution < -0.4 is 5.73 Å². The summed E-state index contributed by atoms with van der Waals surface area (Å²) in [5.74, 6) is 4.55. The number of amides is 2. The quantitative estimate of drug-likeness (QED) is 0.360. The van der Waals surface area contributed by atoms with Crippen LogP contribution in [0.5, 0.6) is 0 Å². The fraction of sp³-hybridized carbons (Fsp3) is 0.231. The minimum absolute atomic E-state index is 0.0190. The first-order valence-corrected chi connectivity index (χ1v) is 11.4. The Balaban J connectivity index is 1.54. The van der Waals surface area contributed by atoms with Crippen LogP contribution in [0, 0.1) is 11.8 Å². The van der Waals surface area contributed by atoms with E-state index in [0.29, 0.717) is 35.2 Å². The van der Waals surface area contributed by atoms with Crippen molar-refractivity contribution in [3.63, 3.8) is 0 Å². The van der Waals surface area contributed by atoms with E-state index in [4.69, 9.17) is 10.8 Å². The molecule has 4 aromatic rings. The van der Waals surface area contributed by atoms with Crippen LogP contribution in [0.3, 0.4) is 0 Å². The molecule has 4 N–H and O–H groups in total. The highest BCUT2D eigenvalue weighted by atomic mass is 16.3. The molecule has 0 radical (unpaired) electrons. The van der Waals surface area contributed by atoms with Crippen molar-refractivity contribution in [3.05, 3.63) is 66.1 Å². The number of primary amides is 1. The maximum atomic E-state index is 12.2. The van der Waals surface area contributed by atoms with E-state index in [1.165, 1.54) is 4.90 Å². The second-order valence-electron chi connectivity index (χ2n) is 8.71. The molecule has 0 spiro atoms. The summed E-state index contributed by atoms with van der Waals surface area (Å²) >= 11 is 0. The molecular formula is C26H24N6O4. The van der Waals surface area contributed by atoms with E-state index < -0.39 is 17.4 Å². The molecular weight excluding hydrogens is 460 g/mol. The lowest BCUT2D eigenvalue weighted by atomic mass is 10.0. The number of carbonyl (C=O) groups excluding carboxylic acids is 2. The highest BCUT2D eigenvalue weighted by molar-refractivity contribution is 6.05. The minimum atomic E-state index is -1.69. The van der Waals surface area contributed by atoms with Gasteiger partial charge in [-0.15, -0.1) is 0 Å². The van der Waals surface area contributed by atoms with Crippen LogP contribution in [0.4, 0.5) is 0 Å². The summed E-state index contributed by atoms with van der Waals surface area (Å²) in [7, 11) is 1.63. The predicted molar refractivity (Wildman–Crippen MR) is 132 cm³/mol. The zero-order chi connectivity index (χ0) is 25.4. The Labute approximate surface area is 206 Å². The van der Waals surface area contributed by atoms with E-state index in [1.807, 2.05) is 30.5 Å². The van der Waals surface area contributed by atoms with E-state index in [9.17, 15) is 14.7 Å². The molecule has 0 bridgehead atoms. The van der Waals surface area contributed by atoms with Gasteiger partial charge in [0.05, 0.1) is 30.6 Å². The zero-order valence-electron chi connectivity index (χ0n) is 19.5. The number of hydrogen-bond donors (Lipinski definition) is 3. The van der Waals surface area contributed by atoms with Gasteiger partial charge in [-0.1, -0.05) is 24.0 Å². The Hall–Kier alpha value is -4.46. The molecule has 2 aromatic carbocycles. The minimum Gasteiger partial charge on any atom is -0.394 e. The molecule has 1 unspecified atom stereocenters. The first-order valence-electron chi connectivity index (χ1n) is 11.4. The number of hydrogen-bond acceptors (Lipinski definition) is 6. The van der Waals surface area contributed by atoms with Gasteiger partial charge in [-0.05, 0) is 35.9 Å². The van der Waals surface area contributed by atoms with Crippen molar-refractivity contribution in [2.24, 2.45) is 5.73 Å². The molecule has 0 saturated carbocycles. The monoisotopic (exact) mass is 484 g/mol. The summed E-state index contributed by atoms with van der Waals surface area (Å²) in [4.78, 5) is 25.9. The molecule has 10 nitrogen and oxygen atoms in total. The molecule has 36 heavy (non-hydrogen) atoms. The van der Waals surface area contributed by atoms with Crippen molar-refractivity contribution in [3.8, 4) is 28.7 Å². The highest BCUT2D eigenvalue weighted by Crippen LogP contribution is 2.28. The lowest BCUT2D eigenvalue weighted by molar-refractivity contribution is -0.137. The molecule has 10 heteroatoms. The summed E-state index contributed by atoms with van der Waals surface area (Å²) in [5, 5.41) is 29.0. The Kier molecular flexibility index (Phi) is 5.80. The first-order chi connectivity index (χ1) is 17.3. The van der Waals surface area contributed by atoms with Gasteiger partial charge in [0, 0.05) is 42.7 Å². The van der Waals surface area contributed by atoms with Crippen LogP contribution in [0.15, 0.2) is 54.9 Å². The van der Waals surface area contributed by atoms with Crippen LogP contribution in [0.2, 0.25) is 0 Å². The number of likely N-dealkylation sites (tertiary alicyclic amines) is 1. The Bertz CT molecular complexity index is 1560. The van der Waals surface area contributed by atoms with Crippen molar-refractivity contribution in [2.75, 3.05) is 20.2 Å². The van der Waals surface area contributed by atoms with Gasteiger partial charge in [-0.3, -0.25) is 14.3 Å². The van der Waals surface area contributed by atoms with Gasteiger partial charge in [-0.25, -0.2) is 4.68 Å². The van der Waals surface area contributed by atoms with Gasteiger partial charge < -0.3 is 20.8 Å². The number of aliphatic hydroxyl groups is 2. The molecule has 1 atom stereocenters. The molecule has 1 fully saturated rings. The molecule has 0 aliphatic carbocycles. The van der Waals surface area contributed by atoms with E-state index in [0.717, 1.165) is 11.1 Å². The number of carbonyl (C=O) groups is 2. The lowest BCUT2D eigenvalue weighted by Gasteiger charge is -2.13. The average molecular weight is 485 g/mol. The number of benzene rings is 2. The van der Waals surface area contributed by atoms with Crippen LogP contribution >= 0.6 is 0 Å². The third-order valence-electron chi connectivity index (χ3n) is 6.22.